The zero-order valence-electron chi connectivity index (χ0n) is 9.45. The monoisotopic (exact) mass is 269 g/mol. The van der Waals surface area contributed by atoms with Crippen LogP contribution in [0.25, 0.3) is 6.08 Å². The molecule has 7 nitrogen and oxygen atoms in total. The van der Waals surface area contributed by atoms with E-state index < -0.39 is 14.9 Å². The second-order valence-electron chi connectivity index (χ2n) is 3.42. The predicted molar refractivity (Wildman–Crippen MR) is 67.6 cm³/mol. The Hall–Kier alpha value is -2.22. The molecule has 0 spiro atoms. The first-order chi connectivity index (χ1) is 8.30. The van der Waals surface area contributed by atoms with Crippen molar-refractivity contribution in [2.24, 2.45) is 0 Å². The quantitative estimate of drug-likeness (QED) is 0.373. The van der Waals surface area contributed by atoms with Crippen molar-refractivity contribution in [2.75, 3.05) is 0 Å². The topological polar surface area (TPSA) is 113 Å². The lowest BCUT2D eigenvalue weighted by Gasteiger charge is -2.00. The van der Waals surface area contributed by atoms with E-state index in [1.807, 2.05) is 4.72 Å². The van der Waals surface area contributed by atoms with E-state index in [0.29, 0.717) is 5.56 Å². The van der Waals surface area contributed by atoms with Crippen LogP contribution in [0, 0.1) is 15.5 Å². The minimum atomic E-state index is -3.69. The van der Waals surface area contributed by atoms with Crippen LogP contribution in [0.1, 0.15) is 12.5 Å². The lowest BCUT2D eigenvalue weighted by molar-refractivity contribution is -0.384. The maximum atomic E-state index is 11.3. The number of sulfonamides is 1. The second-order valence-corrected chi connectivity index (χ2v) is 4.99. The van der Waals surface area contributed by atoms with Gasteiger partial charge in [0.05, 0.1) is 10.3 Å². The summed E-state index contributed by atoms with van der Waals surface area (Å²) in [6, 6.07) is 5.42. The lowest BCUT2D eigenvalue weighted by Crippen LogP contribution is -2.25. The minimum absolute atomic E-state index is 0.0662. The molecule has 8 heteroatoms. The van der Waals surface area contributed by atoms with Gasteiger partial charge in [0.15, 0.2) is 0 Å². The Bertz CT molecular complexity index is 590. The van der Waals surface area contributed by atoms with E-state index in [4.69, 9.17) is 5.41 Å². The highest BCUT2D eigenvalue weighted by Gasteiger charge is 2.05. The van der Waals surface area contributed by atoms with Crippen LogP contribution in [-0.4, -0.2) is 19.2 Å². The summed E-state index contributed by atoms with van der Waals surface area (Å²) in [6.07, 6.45) is 1.29. The fourth-order valence-corrected chi connectivity index (χ4v) is 1.95. The molecule has 0 fully saturated rings. The summed E-state index contributed by atoms with van der Waals surface area (Å²) in [4.78, 5) is 9.87. The first-order valence-corrected chi connectivity index (χ1v) is 6.35. The van der Waals surface area contributed by atoms with Crippen LogP contribution < -0.4 is 4.72 Å². The zero-order valence-corrected chi connectivity index (χ0v) is 10.3. The SMILES string of the molecule is CC(=N)NS(=O)(=O)/C=C/c1ccc([N+](=O)[O-])cc1. The van der Waals surface area contributed by atoms with Crippen molar-refractivity contribution >= 4 is 27.6 Å². The molecular weight excluding hydrogens is 258 g/mol. The largest absolute Gasteiger partial charge is 0.288 e. The normalized spacial score (nSPS) is 11.4. The zero-order chi connectivity index (χ0) is 13.8. The van der Waals surface area contributed by atoms with Crippen LogP contribution in [0.3, 0.4) is 0 Å². The van der Waals surface area contributed by atoms with Gasteiger partial charge in [0.2, 0.25) is 0 Å². The van der Waals surface area contributed by atoms with Gasteiger partial charge in [0.25, 0.3) is 15.7 Å². The van der Waals surface area contributed by atoms with E-state index in [9.17, 15) is 18.5 Å². The van der Waals surface area contributed by atoms with Crippen LogP contribution in [0.4, 0.5) is 5.69 Å². The minimum Gasteiger partial charge on any atom is -0.288 e. The third kappa shape index (κ3) is 4.34. The number of benzene rings is 1. The van der Waals surface area contributed by atoms with Crippen LogP contribution in [0.5, 0.6) is 0 Å². The van der Waals surface area contributed by atoms with Gasteiger partial charge in [-0.1, -0.05) is 0 Å². The third-order valence-corrected chi connectivity index (χ3v) is 2.92. The van der Waals surface area contributed by atoms with Crippen molar-refractivity contribution in [1.82, 2.24) is 4.72 Å². The molecule has 1 rings (SSSR count). The Kier molecular flexibility index (Phi) is 4.16. The van der Waals surface area contributed by atoms with Gasteiger partial charge in [-0.25, -0.2) is 8.42 Å². The molecule has 0 bridgehead atoms. The highest BCUT2D eigenvalue weighted by Crippen LogP contribution is 2.13. The van der Waals surface area contributed by atoms with Crippen molar-refractivity contribution in [1.29, 1.82) is 5.41 Å². The highest BCUT2D eigenvalue weighted by atomic mass is 32.2. The summed E-state index contributed by atoms with van der Waals surface area (Å²) in [5.74, 6) is -0.191. The summed E-state index contributed by atoms with van der Waals surface area (Å²) in [7, 11) is -3.69. The fourth-order valence-electron chi connectivity index (χ4n) is 1.12. The molecule has 0 unspecified atom stereocenters. The Morgan fingerprint density at radius 3 is 2.39 bits per heavy atom. The van der Waals surface area contributed by atoms with Crippen LogP contribution in [0.2, 0.25) is 0 Å². The molecule has 0 aromatic heterocycles. The number of nitro groups is 1. The molecule has 0 aliphatic carbocycles. The number of nitrogens with zero attached hydrogens (tertiary/aromatic N) is 1. The van der Waals surface area contributed by atoms with Crippen molar-refractivity contribution in [2.45, 2.75) is 6.92 Å². The molecule has 0 saturated heterocycles. The summed E-state index contributed by atoms with van der Waals surface area (Å²) < 4.78 is 24.7. The first kappa shape index (κ1) is 13.8. The predicted octanol–water partition coefficient (Wildman–Crippen LogP) is 1.48. The molecule has 1 aromatic rings. The molecule has 0 atom stereocenters. The molecule has 0 aliphatic heterocycles. The molecule has 0 heterocycles. The van der Waals surface area contributed by atoms with Crippen LogP contribution >= 0.6 is 0 Å². The first-order valence-electron chi connectivity index (χ1n) is 4.81. The van der Waals surface area contributed by atoms with Gasteiger partial charge in [-0.15, -0.1) is 0 Å². The van der Waals surface area contributed by atoms with Gasteiger partial charge < -0.3 is 0 Å². The maximum absolute atomic E-state index is 11.3. The number of hydrogen-bond acceptors (Lipinski definition) is 5. The van der Waals surface area contributed by atoms with Gasteiger partial charge in [-0.05, 0) is 30.7 Å². The van der Waals surface area contributed by atoms with E-state index in [1.54, 1.807) is 0 Å². The maximum Gasteiger partial charge on any atom is 0.269 e. The lowest BCUT2D eigenvalue weighted by atomic mass is 10.2. The molecular formula is C10H11N3O4S. The summed E-state index contributed by atoms with van der Waals surface area (Å²) >= 11 is 0. The number of non-ortho nitro benzene ring substituents is 1. The number of amidine groups is 1. The van der Waals surface area contributed by atoms with E-state index in [2.05, 4.69) is 0 Å². The Balaban J connectivity index is 2.85. The Labute approximate surface area is 104 Å². The summed E-state index contributed by atoms with van der Waals surface area (Å²) in [6.45, 7) is 1.30. The number of rotatable bonds is 4. The molecule has 0 radical (unpaired) electrons. The number of hydrogen-bond donors (Lipinski definition) is 2. The molecule has 2 N–H and O–H groups in total. The molecule has 0 amide bonds. The van der Waals surface area contributed by atoms with E-state index >= 15 is 0 Å². The van der Waals surface area contributed by atoms with E-state index in [1.165, 1.54) is 37.3 Å². The van der Waals surface area contributed by atoms with Gasteiger partial charge in [0, 0.05) is 12.1 Å². The van der Waals surface area contributed by atoms with E-state index in [0.717, 1.165) is 5.41 Å². The van der Waals surface area contributed by atoms with Crippen LogP contribution in [0.15, 0.2) is 29.7 Å². The van der Waals surface area contributed by atoms with Crippen molar-refractivity contribution in [3.05, 3.63) is 45.4 Å². The van der Waals surface area contributed by atoms with Gasteiger partial charge in [-0.2, -0.15) is 0 Å². The van der Waals surface area contributed by atoms with Crippen molar-refractivity contribution in [3.63, 3.8) is 0 Å². The smallest absolute Gasteiger partial charge is 0.269 e. The highest BCUT2D eigenvalue weighted by molar-refractivity contribution is 7.93. The molecule has 96 valence electrons. The molecule has 1 aromatic carbocycles. The molecule has 0 saturated carbocycles. The van der Waals surface area contributed by atoms with Crippen molar-refractivity contribution < 1.29 is 13.3 Å². The number of nitro benzene ring substituents is 1. The van der Waals surface area contributed by atoms with Crippen LogP contribution in [-0.2, 0) is 10.0 Å². The number of nitrogens with one attached hydrogen (secondary N) is 2. The second kappa shape index (κ2) is 5.41. The fraction of sp³-hybridized carbons (Fsp3) is 0.100. The molecule has 18 heavy (non-hydrogen) atoms. The third-order valence-electron chi connectivity index (χ3n) is 1.84. The van der Waals surface area contributed by atoms with Gasteiger partial charge >= 0.3 is 0 Å². The summed E-state index contributed by atoms with van der Waals surface area (Å²) in [5, 5.41) is 18.3. The average Bonchev–Trinajstić information content (AvgIpc) is 2.25. The molecule has 0 aliphatic rings. The van der Waals surface area contributed by atoms with Crippen molar-refractivity contribution in [3.8, 4) is 0 Å². The Morgan fingerprint density at radius 1 is 1.39 bits per heavy atom. The van der Waals surface area contributed by atoms with Gasteiger partial charge in [0.1, 0.15) is 5.84 Å². The van der Waals surface area contributed by atoms with E-state index in [-0.39, 0.29) is 11.5 Å². The Morgan fingerprint density at radius 2 is 1.94 bits per heavy atom. The average molecular weight is 269 g/mol. The summed E-state index contributed by atoms with van der Waals surface area (Å²) in [5.41, 5.74) is 0.442. The van der Waals surface area contributed by atoms with Gasteiger partial charge in [-0.3, -0.25) is 20.2 Å². The standard InChI is InChI=1S/C10H11N3O4S/c1-8(11)12-18(16,17)7-6-9-2-4-10(5-3-9)13(14)15/h2-7H,1H3,(H2,11,12)/b7-6+.